The van der Waals surface area contributed by atoms with Gasteiger partial charge in [-0.05, 0) is 30.4 Å². The number of ether oxygens (including phenoxy) is 2. The molecule has 1 aliphatic rings. The average Bonchev–Trinajstić information content (AvgIpc) is 2.52. The molecule has 2 rings (SSSR count). The molecule has 5 nitrogen and oxygen atoms in total. The highest BCUT2D eigenvalue weighted by atomic mass is 35.5. The van der Waals surface area contributed by atoms with Crippen molar-refractivity contribution < 1.29 is 14.3 Å². The molecule has 1 N–H and O–H groups in total. The van der Waals surface area contributed by atoms with Gasteiger partial charge >= 0.3 is 0 Å². The van der Waals surface area contributed by atoms with Crippen molar-refractivity contribution in [1.29, 1.82) is 0 Å². The Morgan fingerprint density at radius 2 is 1.88 bits per heavy atom. The second-order valence-corrected chi connectivity index (χ2v) is 6.57. The summed E-state index contributed by atoms with van der Waals surface area (Å²) in [6, 6.07) is 5.39. The number of halogens is 1. The van der Waals surface area contributed by atoms with E-state index in [-0.39, 0.29) is 18.3 Å². The number of rotatable bonds is 6. The summed E-state index contributed by atoms with van der Waals surface area (Å²) < 4.78 is 10.5. The van der Waals surface area contributed by atoms with Crippen molar-refractivity contribution in [2.75, 3.05) is 39.2 Å². The van der Waals surface area contributed by atoms with Crippen LogP contribution in [0.15, 0.2) is 18.2 Å². The Hall–Kier alpha value is -1.46. The molecule has 0 spiro atoms. The monoisotopic (exact) mass is 356 g/mol. The molecule has 0 saturated carbocycles. The highest BCUT2D eigenvalue weighted by molar-refractivity contribution is 5.92. The molecule has 1 heterocycles. The van der Waals surface area contributed by atoms with E-state index in [1.165, 1.54) is 6.42 Å². The van der Waals surface area contributed by atoms with Gasteiger partial charge in [-0.15, -0.1) is 12.4 Å². The van der Waals surface area contributed by atoms with E-state index in [0.717, 1.165) is 19.6 Å². The van der Waals surface area contributed by atoms with E-state index in [0.29, 0.717) is 35.4 Å². The normalized spacial score (nSPS) is 20.8. The molecule has 6 heteroatoms. The summed E-state index contributed by atoms with van der Waals surface area (Å²) in [6.07, 6.45) is 1.78. The number of carbonyl (C=O) groups is 1. The van der Waals surface area contributed by atoms with E-state index in [1.807, 2.05) is 6.07 Å². The lowest BCUT2D eigenvalue weighted by atomic mass is 9.92. The summed E-state index contributed by atoms with van der Waals surface area (Å²) in [5.41, 5.74) is 0.679. The van der Waals surface area contributed by atoms with Crippen LogP contribution in [-0.4, -0.2) is 44.7 Å². The fourth-order valence-corrected chi connectivity index (χ4v) is 3.35. The third-order valence-corrected chi connectivity index (χ3v) is 4.28. The van der Waals surface area contributed by atoms with Gasteiger partial charge in [0.15, 0.2) is 0 Å². The van der Waals surface area contributed by atoms with E-state index in [2.05, 4.69) is 24.1 Å². The summed E-state index contributed by atoms with van der Waals surface area (Å²) >= 11 is 0. The molecule has 1 aliphatic heterocycles. The van der Waals surface area contributed by atoms with Gasteiger partial charge in [-0.1, -0.05) is 13.8 Å². The van der Waals surface area contributed by atoms with Gasteiger partial charge < -0.3 is 19.7 Å². The van der Waals surface area contributed by atoms with Crippen LogP contribution >= 0.6 is 12.4 Å². The maximum Gasteiger partial charge on any atom is 0.225 e. The molecular weight excluding hydrogens is 328 g/mol. The van der Waals surface area contributed by atoms with E-state index in [9.17, 15) is 4.79 Å². The molecule has 24 heavy (non-hydrogen) atoms. The number of methoxy groups -OCH3 is 2. The van der Waals surface area contributed by atoms with Gasteiger partial charge in [0.2, 0.25) is 5.91 Å². The summed E-state index contributed by atoms with van der Waals surface area (Å²) in [7, 11) is 3.19. The third kappa shape index (κ3) is 5.87. The summed E-state index contributed by atoms with van der Waals surface area (Å²) in [5.74, 6) is 2.75. The van der Waals surface area contributed by atoms with Crippen molar-refractivity contribution in [3.8, 4) is 11.5 Å². The maximum atomic E-state index is 12.2. The van der Waals surface area contributed by atoms with Crippen molar-refractivity contribution >= 4 is 24.0 Å². The van der Waals surface area contributed by atoms with Crippen LogP contribution in [0.1, 0.15) is 26.7 Å². The lowest BCUT2D eigenvalue weighted by Gasteiger charge is -2.34. The average molecular weight is 357 g/mol. The minimum absolute atomic E-state index is 0. The number of piperidine rings is 1. The van der Waals surface area contributed by atoms with E-state index < -0.39 is 0 Å². The molecular formula is C18H29ClN2O3. The van der Waals surface area contributed by atoms with Crippen LogP contribution in [0.25, 0.3) is 0 Å². The largest absolute Gasteiger partial charge is 0.497 e. The topological polar surface area (TPSA) is 50.8 Å². The first-order valence-electron chi connectivity index (χ1n) is 8.26. The minimum Gasteiger partial charge on any atom is -0.497 e. The Balaban J connectivity index is 0.00000288. The number of hydrogen-bond acceptors (Lipinski definition) is 4. The molecule has 1 saturated heterocycles. The zero-order valence-electron chi connectivity index (χ0n) is 15.0. The first-order chi connectivity index (χ1) is 11.0. The van der Waals surface area contributed by atoms with Gasteiger partial charge in [0.05, 0.1) is 19.9 Å². The highest BCUT2D eigenvalue weighted by Gasteiger charge is 2.22. The van der Waals surface area contributed by atoms with Crippen LogP contribution in [0.4, 0.5) is 5.69 Å². The van der Waals surface area contributed by atoms with Crippen molar-refractivity contribution in [1.82, 2.24) is 4.90 Å². The van der Waals surface area contributed by atoms with Crippen LogP contribution in [0, 0.1) is 11.8 Å². The Morgan fingerprint density at radius 3 is 2.46 bits per heavy atom. The predicted octanol–water partition coefficient (Wildman–Crippen LogP) is 3.43. The second-order valence-electron chi connectivity index (χ2n) is 6.57. The lowest BCUT2D eigenvalue weighted by Crippen LogP contribution is -2.40. The molecule has 1 amide bonds. The molecule has 0 radical (unpaired) electrons. The van der Waals surface area contributed by atoms with Gasteiger partial charge in [-0.25, -0.2) is 0 Å². The lowest BCUT2D eigenvalue weighted by molar-refractivity contribution is -0.116. The number of likely N-dealkylation sites (tertiary alicyclic amines) is 1. The first kappa shape index (κ1) is 20.6. The Bertz CT molecular complexity index is 529. The number of benzene rings is 1. The Kier molecular flexibility index (Phi) is 8.36. The van der Waals surface area contributed by atoms with Crippen molar-refractivity contribution in [2.45, 2.75) is 26.7 Å². The second kappa shape index (κ2) is 9.74. The van der Waals surface area contributed by atoms with Crippen LogP contribution in [0.5, 0.6) is 11.5 Å². The third-order valence-electron chi connectivity index (χ3n) is 4.28. The number of anilines is 1. The summed E-state index contributed by atoms with van der Waals surface area (Å²) in [4.78, 5) is 14.6. The number of nitrogens with zero attached hydrogens (tertiary/aromatic N) is 1. The molecule has 2 atom stereocenters. The van der Waals surface area contributed by atoms with Crippen molar-refractivity contribution in [3.05, 3.63) is 18.2 Å². The van der Waals surface area contributed by atoms with Crippen molar-refractivity contribution in [2.24, 2.45) is 11.8 Å². The SMILES string of the molecule is COc1ccc(NC(=O)CCN2CC(C)CC(C)C2)c(OC)c1.Cl. The summed E-state index contributed by atoms with van der Waals surface area (Å²) in [5, 5.41) is 2.93. The van der Waals surface area contributed by atoms with E-state index >= 15 is 0 Å². The Morgan fingerprint density at radius 1 is 1.21 bits per heavy atom. The molecule has 0 aliphatic carbocycles. The highest BCUT2D eigenvalue weighted by Crippen LogP contribution is 2.29. The zero-order chi connectivity index (χ0) is 16.8. The van der Waals surface area contributed by atoms with Gasteiger partial charge in [-0.2, -0.15) is 0 Å². The molecule has 0 bridgehead atoms. The smallest absolute Gasteiger partial charge is 0.225 e. The predicted molar refractivity (Wildman–Crippen MR) is 99.4 cm³/mol. The van der Waals surface area contributed by atoms with E-state index in [4.69, 9.17) is 9.47 Å². The van der Waals surface area contributed by atoms with Gasteiger partial charge in [0, 0.05) is 32.1 Å². The van der Waals surface area contributed by atoms with Gasteiger partial charge in [-0.3, -0.25) is 4.79 Å². The van der Waals surface area contributed by atoms with Crippen LogP contribution in [-0.2, 0) is 4.79 Å². The molecule has 1 aromatic rings. The molecule has 136 valence electrons. The van der Waals surface area contributed by atoms with Crippen LogP contribution < -0.4 is 14.8 Å². The van der Waals surface area contributed by atoms with Gasteiger partial charge in [0.1, 0.15) is 11.5 Å². The number of nitrogens with one attached hydrogen (secondary N) is 1. The fraction of sp³-hybridized carbons (Fsp3) is 0.611. The number of hydrogen-bond donors (Lipinski definition) is 1. The van der Waals surface area contributed by atoms with E-state index in [1.54, 1.807) is 26.4 Å². The maximum absolute atomic E-state index is 12.2. The Labute approximate surface area is 151 Å². The minimum atomic E-state index is 0. The molecule has 2 unspecified atom stereocenters. The first-order valence-corrected chi connectivity index (χ1v) is 8.26. The number of amides is 1. The molecule has 0 aromatic heterocycles. The molecule has 1 fully saturated rings. The van der Waals surface area contributed by atoms with Crippen LogP contribution in [0.2, 0.25) is 0 Å². The molecule has 1 aromatic carbocycles. The fourth-order valence-electron chi connectivity index (χ4n) is 3.35. The van der Waals surface area contributed by atoms with Crippen molar-refractivity contribution in [3.63, 3.8) is 0 Å². The quantitative estimate of drug-likeness (QED) is 0.848. The van der Waals surface area contributed by atoms with Gasteiger partial charge in [0.25, 0.3) is 0 Å². The zero-order valence-corrected chi connectivity index (χ0v) is 15.8. The standard InChI is InChI=1S/C18H28N2O3.ClH/c1-13-9-14(2)12-20(11-13)8-7-18(21)19-16-6-5-15(22-3)10-17(16)23-4;/h5-6,10,13-14H,7-9,11-12H2,1-4H3,(H,19,21);1H. The summed E-state index contributed by atoms with van der Waals surface area (Å²) in [6.45, 7) is 7.54. The van der Waals surface area contributed by atoms with Crippen LogP contribution in [0.3, 0.4) is 0 Å². The number of carbonyl (C=O) groups excluding carboxylic acids is 1.